The molecule has 9 heteroatoms. The van der Waals surface area contributed by atoms with Crippen molar-refractivity contribution in [3.05, 3.63) is 102 Å². The average molecular weight is 436 g/mol. The van der Waals surface area contributed by atoms with Gasteiger partial charge in [0.1, 0.15) is 23.0 Å². The van der Waals surface area contributed by atoms with Crippen LogP contribution in [0.4, 0.5) is 14.5 Å². The Hall–Kier alpha value is -4.11. The van der Waals surface area contributed by atoms with Gasteiger partial charge in [0.15, 0.2) is 0 Å². The van der Waals surface area contributed by atoms with Crippen LogP contribution in [0.2, 0.25) is 0 Å². The zero-order valence-corrected chi connectivity index (χ0v) is 16.6. The SMILES string of the molecule is O=C(NC[C@H](O)c1ccccc1F)c1ccc(F)c(NC(=O)c2cnc3ccccn23)c1. The van der Waals surface area contributed by atoms with Crippen molar-refractivity contribution in [3.8, 4) is 0 Å². The van der Waals surface area contributed by atoms with Gasteiger partial charge in [0, 0.05) is 23.9 Å². The van der Waals surface area contributed by atoms with E-state index in [0.29, 0.717) is 5.65 Å². The van der Waals surface area contributed by atoms with Gasteiger partial charge in [0.2, 0.25) is 0 Å². The molecule has 4 aromatic rings. The molecule has 0 radical (unpaired) electrons. The Labute approximate surface area is 181 Å². The number of nitrogens with one attached hydrogen (secondary N) is 2. The van der Waals surface area contributed by atoms with E-state index < -0.39 is 29.6 Å². The van der Waals surface area contributed by atoms with Gasteiger partial charge in [0.05, 0.1) is 18.0 Å². The number of fused-ring (bicyclic) bond motifs is 1. The summed E-state index contributed by atoms with van der Waals surface area (Å²) in [7, 11) is 0. The molecule has 2 aromatic carbocycles. The van der Waals surface area contributed by atoms with Gasteiger partial charge in [-0.25, -0.2) is 13.8 Å². The summed E-state index contributed by atoms with van der Waals surface area (Å²) in [5, 5.41) is 15.0. The van der Waals surface area contributed by atoms with E-state index in [-0.39, 0.29) is 29.1 Å². The number of hydrogen-bond acceptors (Lipinski definition) is 4. The largest absolute Gasteiger partial charge is 0.386 e. The second-order valence-electron chi connectivity index (χ2n) is 6.97. The fourth-order valence-electron chi connectivity index (χ4n) is 3.20. The number of anilines is 1. The van der Waals surface area contributed by atoms with Crippen LogP contribution in [0, 0.1) is 11.6 Å². The lowest BCUT2D eigenvalue weighted by Gasteiger charge is -2.14. The van der Waals surface area contributed by atoms with Gasteiger partial charge in [-0.15, -0.1) is 0 Å². The van der Waals surface area contributed by atoms with E-state index in [4.69, 9.17) is 0 Å². The van der Waals surface area contributed by atoms with E-state index in [0.717, 1.165) is 6.07 Å². The molecule has 162 valence electrons. The van der Waals surface area contributed by atoms with Crippen LogP contribution in [0.1, 0.15) is 32.5 Å². The Kier molecular flexibility index (Phi) is 5.91. The fourth-order valence-corrected chi connectivity index (χ4v) is 3.20. The summed E-state index contributed by atoms with van der Waals surface area (Å²) in [6.45, 7) is -0.249. The summed E-state index contributed by atoms with van der Waals surface area (Å²) in [6, 6.07) is 14.4. The first-order valence-corrected chi connectivity index (χ1v) is 9.67. The summed E-state index contributed by atoms with van der Waals surface area (Å²) in [5.41, 5.74) is 0.666. The van der Waals surface area contributed by atoms with Crippen molar-refractivity contribution in [2.24, 2.45) is 0 Å². The number of benzene rings is 2. The normalized spacial score (nSPS) is 11.8. The van der Waals surface area contributed by atoms with Crippen molar-refractivity contribution in [2.75, 3.05) is 11.9 Å². The van der Waals surface area contributed by atoms with Crippen LogP contribution in [0.3, 0.4) is 0 Å². The molecule has 1 atom stereocenters. The zero-order valence-electron chi connectivity index (χ0n) is 16.6. The van der Waals surface area contributed by atoms with Gasteiger partial charge in [0.25, 0.3) is 11.8 Å². The number of halogens is 2. The Morgan fingerprint density at radius 3 is 2.59 bits per heavy atom. The minimum absolute atomic E-state index is 0.0490. The van der Waals surface area contributed by atoms with Crippen molar-refractivity contribution in [1.82, 2.24) is 14.7 Å². The second-order valence-corrected chi connectivity index (χ2v) is 6.97. The lowest BCUT2D eigenvalue weighted by molar-refractivity contribution is 0.0913. The Balaban J connectivity index is 1.46. The van der Waals surface area contributed by atoms with Crippen molar-refractivity contribution < 1.29 is 23.5 Å². The van der Waals surface area contributed by atoms with E-state index >= 15 is 0 Å². The highest BCUT2D eigenvalue weighted by molar-refractivity contribution is 6.04. The molecule has 7 nitrogen and oxygen atoms in total. The molecule has 0 bridgehead atoms. The van der Waals surface area contributed by atoms with E-state index in [1.807, 2.05) is 0 Å². The fraction of sp³-hybridized carbons (Fsp3) is 0.0870. The Morgan fingerprint density at radius 2 is 1.78 bits per heavy atom. The molecule has 0 saturated heterocycles. The summed E-state index contributed by atoms with van der Waals surface area (Å²) >= 11 is 0. The monoisotopic (exact) mass is 436 g/mol. The van der Waals surface area contributed by atoms with E-state index in [1.165, 1.54) is 36.5 Å². The second kappa shape index (κ2) is 8.94. The number of carbonyl (C=O) groups excluding carboxylic acids is 2. The molecule has 2 heterocycles. The molecule has 0 fully saturated rings. The van der Waals surface area contributed by atoms with Gasteiger partial charge in [-0.1, -0.05) is 24.3 Å². The number of rotatable bonds is 6. The predicted molar refractivity (Wildman–Crippen MR) is 113 cm³/mol. The quantitative estimate of drug-likeness (QED) is 0.432. The van der Waals surface area contributed by atoms with Crippen LogP contribution < -0.4 is 10.6 Å². The predicted octanol–water partition coefficient (Wildman–Crippen LogP) is 3.33. The lowest BCUT2D eigenvalue weighted by atomic mass is 10.1. The number of carbonyl (C=O) groups is 2. The average Bonchev–Trinajstić information content (AvgIpc) is 3.23. The zero-order chi connectivity index (χ0) is 22.7. The van der Waals surface area contributed by atoms with E-state index in [2.05, 4.69) is 15.6 Å². The first-order chi connectivity index (χ1) is 15.4. The van der Waals surface area contributed by atoms with E-state index in [9.17, 15) is 23.5 Å². The molecule has 0 spiro atoms. The maximum Gasteiger partial charge on any atom is 0.274 e. The minimum Gasteiger partial charge on any atom is -0.386 e. The molecule has 0 unspecified atom stereocenters. The Bertz CT molecular complexity index is 1310. The first kappa shape index (κ1) is 21.1. The maximum absolute atomic E-state index is 14.3. The molecule has 2 aromatic heterocycles. The number of aromatic nitrogens is 2. The Morgan fingerprint density at radius 1 is 1.00 bits per heavy atom. The standard InChI is InChI=1S/C23H18F2N4O3/c24-16-6-2-1-5-15(16)20(30)13-27-22(31)14-8-9-17(25)18(11-14)28-23(32)19-12-26-21-7-3-4-10-29(19)21/h1-12,20,30H,13H2,(H,27,31)(H,28,32)/t20-/m0/s1. The number of aliphatic hydroxyl groups is 1. The smallest absolute Gasteiger partial charge is 0.274 e. The number of pyridine rings is 1. The number of imidazole rings is 1. The molecular formula is C23H18F2N4O3. The van der Waals surface area contributed by atoms with Gasteiger partial charge in [-0.3, -0.25) is 14.0 Å². The summed E-state index contributed by atoms with van der Waals surface area (Å²) in [5.74, 6) is -2.54. The van der Waals surface area contributed by atoms with Gasteiger partial charge in [-0.05, 0) is 36.4 Å². The third-order valence-electron chi connectivity index (χ3n) is 4.85. The van der Waals surface area contributed by atoms with Gasteiger partial charge in [-0.2, -0.15) is 0 Å². The minimum atomic E-state index is -1.25. The molecule has 0 aliphatic rings. The van der Waals surface area contributed by atoms with Crippen LogP contribution in [0.15, 0.2) is 73.1 Å². The topological polar surface area (TPSA) is 95.7 Å². The van der Waals surface area contributed by atoms with Crippen LogP contribution in [-0.2, 0) is 0 Å². The number of hydrogen-bond donors (Lipinski definition) is 3. The van der Waals surface area contributed by atoms with Gasteiger partial charge >= 0.3 is 0 Å². The van der Waals surface area contributed by atoms with Gasteiger partial charge < -0.3 is 15.7 Å². The summed E-state index contributed by atoms with van der Waals surface area (Å²) < 4.78 is 29.6. The van der Waals surface area contributed by atoms with Crippen molar-refractivity contribution in [2.45, 2.75) is 6.10 Å². The highest BCUT2D eigenvalue weighted by atomic mass is 19.1. The van der Waals surface area contributed by atoms with Crippen molar-refractivity contribution in [3.63, 3.8) is 0 Å². The number of amides is 2. The third kappa shape index (κ3) is 4.33. The number of aliphatic hydroxyl groups excluding tert-OH is 1. The first-order valence-electron chi connectivity index (χ1n) is 9.67. The van der Waals surface area contributed by atoms with Crippen molar-refractivity contribution in [1.29, 1.82) is 0 Å². The van der Waals surface area contributed by atoms with E-state index in [1.54, 1.807) is 34.9 Å². The highest BCUT2D eigenvalue weighted by Gasteiger charge is 2.17. The molecule has 0 aliphatic heterocycles. The highest BCUT2D eigenvalue weighted by Crippen LogP contribution is 2.19. The van der Waals surface area contributed by atoms with Crippen molar-refractivity contribution >= 4 is 23.1 Å². The molecule has 32 heavy (non-hydrogen) atoms. The van der Waals surface area contributed by atoms with Crippen LogP contribution in [0.5, 0.6) is 0 Å². The molecular weight excluding hydrogens is 418 g/mol. The molecule has 3 N–H and O–H groups in total. The lowest BCUT2D eigenvalue weighted by Crippen LogP contribution is -2.29. The maximum atomic E-state index is 14.3. The van der Waals surface area contributed by atoms with Crippen LogP contribution in [-0.4, -0.2) is 32.9 Å². The van der Waals surface area contributed by atoms with Crippen LogP contribution in [0.25, 0.3) is 5.65 Å². The van der Waals surface area contributed by atoms with Crippen LogP contribution >= 0.6 is 0 Å². The molecule has 0 saturated carbocycles. The molecule has 4 rings (SSSR count). The molecule has 0 aliphatic carbocycles. The third-order valence-corrected chi connectivity index (χ3v) is 4.85. The summed E-state index contributed by atoms with van der Waals surface area (Å²) in [6.07, 6.45) is 1.76. The molecule has 2 amide bonds. The summed E-state index contributed by atoms with van der Waals surface area (Å²) in [4.78, 5) is 29.2. The number of nitrogens with zero attached hydrogens (tertiary/aromatic N) is 2.